The highest BCUT2D eigenvalue weighted by molar-refractivity contribution is 8.00. The van der Waals surface area contributed by atoms with Crippen molar-refractivity contribution in [3.8, 4) is 0 Å². The summed E-state index contributed by atoms with van der Waals surface area (Å²) >= 11 is 2.86. The van der Waals surface area contributed by atoms with Gasteiger partial charge in [-0.25, -0.2) is 15.0 Å². The number of aryl methyl sites for hydroxylation is 1. The van der Waals surface area contributed by atoms with Gasteiger partial charge in [0.05, 0.1) is 15.5 Å². The Hall–Kier alpha value is -1.99. The molecule has 1 N–H and O–H groups in total. The number of carbonyl (C=O) groups excluding carboxylic acids is 1. The Morgan fingerprint density at radius 2 is 2.13 bits per heavy atom. The van der Waals surface area contributed by atoms with Gasteiger partial charge in [-0.3, -0.25) is 4.79 Å². The zero-order chi connectivity index (χ0) is 16.2. The first-order valence-electron chi connectivity index (χ1n) is 7.27. The molecule has 0 aliphatic rings. The molecule has 1 amide bonds. The minimum Gasteiger partial charge on any atom is -0.301 e. The molecule has 0 saturated carbocycles. The van der Waals surface area contributed by atoms with Gasteiger partial charge in [-0.05, 0) is 37.1 Å². The summed E-state index contributed by atoms with van der Waals surface area (Å²) in [5.74, 6) is -0.0688. The summed E-state index contributed by atoms with van der Waals surface area (Å²) in [6.07, 6.45) is 4.05. The molecule has 2 aromatic heterocycles. The number of hydrogen-bond acceptors (Lipinski definition) is 6. The summed E-state index contributed by atoms with van der Waals surface area (Å²) in [4.78, 5) is 25.3. The molecule has 0 fully saturated rings. The predicted molar refractivity (Wildman–Crippen MR) is 95.0 cm³/mol. The second-order valence-electron chi connectivity index (χ2n) is 5.03. The molecular weight excluding hydrogens is 328 g/mol. The number of benzene rings is 1. The second kappa shape index (κ2) is 7.06. The fraction of sp³-hybridized carbons (Fsp3) is 0.250. The van der Waals surface area contributed by atoms with Crippen molar-refractivity contribution in [1.82, 2.24) is 15.0 Å². The van der Waals surface area contributed by atoms with E-state index in [9.17, 15) is 4.79 Å². The van der Waals surface area contributed by atoms with Crippen LogP contribution in [0.2, 0.25) is 0 Å². The third-order valence-corrected chi connectivity index (χ3v) is 5.41. The molecule has 2 heterocycles. The Balaban J connectivity index is 1.73. The molecule has 118 valence electrons. The molecule has 1 atom stereocenters. The minimum atomic E-state index is -0.244. The highest BCUT2D eigenvalue weighted by atomic mass is 32.2. The van der Waals surface area contributed by atoms with E-state index in [1.165, 1.54) is 28.7 Å². The van der Waals surface area contributed by atoms with Gasteiger partial charge in [0.25, 0.3) is 0 Å². The van der Waals surface area contributed by atoms with Gasteiger partial charge < -0.3 is 5.32 Å². The van der Waals surface area contributed by atoms with Crippen molar-refractivity contribution < 1.29 is 4.79 Å². The number of thioether (sulfide) groups is 1. The van der Waals surface area contributed by atoms with E-state index in [2.05, 4.69) is 26.3 Å². The van der Waals surface area contributed by atoms with E-state index in [0.717, 1.165) is 10.2 Å². The molecule has 0 spiro atoms. The van der Waals surface area contributed by atoms with E-state index in [1.54, 1.807) is 18.5 Å². The number of aromatic nitrogens is 3. The maximum atomic E-state index is 12.5. The van der Waals surface area contributed by atoms with E-state index in [-0.39, 0.29) is 11.2 Å². The quantitative estimate of drug-likeness (QED) is 0.561. The lowest BCUT2D eigenvalue weighted by Gasteiger charge is -2.11. The molecule has 1 aromatic carbocycles. The second-order valence-corrected chi connectivity index (χ2v) is 7.23. The third kappa shape index (κ3) is 3.86. The first-order valence-corrected chi connectivity index (χ1v) is 8.97. The maximum absolute atomic E-state index is 12.5. The standard InChI is InChI=1S/C16H16N4OS2/c1-3-12(22-15-17-7-4-8-18-15)14(21)20-16-19-11-6-5-10(2)9-13(11)23-16/h4-9,12H,3H2,1-2H3,(H,19,20,21). The van der Waals surface area contributed by atoms with Crippen LogP contribution in [0.3, 0.4) is 0 Å². The topological polar surface area (TPSA) is 67.8 Å². The average Bonchev–Trinajstić information content (AvgIpc) is 2.94. The Morgan fingerprint density at radius 1 is 1.35 bits per heavy atom. The number of amides is 1. The summed E-state index contributed by atoms with van der Waals surface area (Å²) in [6, 6.07) is 7.83. The number of hydrogen-bond donors (Lipinski definition) is 1. The van der Waals surface area contributed by atoms with Gasteiger partial charge in [0.15, 0.2) is 10.3 Å². The molecule has 3 aromatic rings. The average molecular weight is 344 g/mol. The summed E-state index contributed by atoms with van der Waals surface area (Å²) in [7, 11) is 0. The van der Waals surface area contributed by atoms with Crippen molar-refractivity contribution >= 4 is 44.4 Å². The van der Waals surface area contributed by atoms with Crippen LogP contribution in [0, 0.1) is 6.92 Å². The van der Waals surface area contributed by atoms with Crippen molar-refractivity contribution in [3.63, 3.8) is 0 Å². The van der Waals surface area contributed by atoms with E-state index >= 15 is 0 Å². The molecule has 1 unspecified atom stereocenters. The Morgan fingerprint density at radius 3 is 2.87 bits per heavy atom. The lowest BCUT2D eigenvalue weighted by atomic mass is 10.2. The van der Waals surface area contributed by atoms with Crippen LogP contribution in [0.4, 0.5) is 5.13 Å². The van der Waals surface area contributed by atoms with E-state index < -0.39 is 0 Å². The highest BCUT2D eigenvalue weighted by Crippen LogP contribution is 2.28. The molecule has 0 aliphatic heterocycles. The summed E-state index contributed by atoms with van der Waals surface area (Å²) in [5.41, 5.74) is 2.09. The SMILES string of the molecule is CCC(Sc1ncccn1)C(=O)Nc1nc2ccc(C)cc2s1. The summed E-state index contributed by atoms with van der Waals surface area (Å²) < 4.78 is 1.08. The van der Waals surface area contributed by atoms with Crippen LogP contribution in [-0.2, 0) is 4.79 Å². The van der Waals surface area contributed by atoms with Gasteiger partial charge in [0.1, 0.15) is 0 Å². The van der Waals surface area contributed by atoms with Crippen molar-refractivity contribution in [1.29, 1.82) is 0 Å². The summed E-state index contributed by atoms with van der Waals surface area (Å²) in [5, 5.41) is 3.90. The number of nitrogens with one attached hydrogen (secondary N) is 1. The van der Waals surface area contributed by atoms with Crippen molar-refractivity contribution in [2.45, 2.75) is 30.7 Å². The van der Waals surface area contributed by atoms with Crippen molar-refractivity contribution in [3.05, 3.63) is 42.2 Å². The van der Waals surface area contributed by atoms with Crippen LogP contribution in [0.1, 0.15) is 18.9 Å². The number of carbonyl (C=O) groups is 1. The van der Waals surface area contributed by atoms with Gasteiger partial charge in [-0.15, -0.1) is 0 Å². The van der Waals surface area contributed by atoms with Gasteiger partial charge in [0, 0.05) is 12.4 Å². The van der Waals surface area contributed by atoms with Crippen molar-refractivity contribution in [2.24, 2.45) is 0 Å². The Bertz CT molecular complexity index is 819. The molecule has 0 radical (unpaired) electrons. The zero-order valence-corrected chi connectivity index (χ0v) is 14.4. The van der Waals surface area contributed by atoms with Crippen LogP contribution in [0.15, 0.2) is 41.8 Å². The zero-order valence-electron chi connectivity index (χ0n) is 12.8. The summed E-state index contributed by atoms with van der Waals surface area (Å²) in [6.45, 7) is 4.02. The minimum absolute atomic E-state index is 0.0688. The van der Waals surface area contributed by atoms with Crippen LogP contribution in [0.25, 0.3) is 10.2 Å². The number of rotatable bonds is 5. The first kappa shape index (κ1) is 15.9. The molecule has 0 bridgehead atoms. The molecule has 0 saturated heterocycles. The van der Waals surface area contributed by atoms with Crippen molar-refractivity contribution in [2.75, 3.05) is 5.32 Å². The van der Waals surface area contributed by atoms with Gasteiger partial charge in [0.2, 0.25) is 5.91 Å². The molecule has 7 heteroatoms. The Kier molecular flexibility index (Phi) is 4.88. The molecule has 5 nitrogen and oxygen atoms in total. The Labute approximate surface area is 142 Å². The number of fused-ring (bicyclic) bond motifs is 1. The maximum Gasteiger partial charge on any atom is 0.239 e. The number of nitrogens with zero attached hydrogens (tertiary/aromatic N) is 3. The van der Waals surface area contributed by atoms with E-state index in [4.69, 9.17) is 0 Å². The lowest BCUT2D eigenvalue weighted by Crippen LogP contribution is -2.24. The highest BCUT2D eigenvalue weighted by Gasteiger charge is 2.20. The predicted octanol–water partition coefficient (Wildman–Crippen LogP) is 3.90. The molecule has 0 aliphatic carbocycles. The van der Waals surface area contributed by atoms with Gasteiger partial charge in [-0.1, -0.05) is 36.1 Å². The molecule has 23 heavy (non-hydrogen) atoms. The van der Waals surface area contributed by atoms with Crippen LogP contribution in [0.5, 0.6) is 0 Å². The monoisotopic (exact) mass is 344 g/mol. The van der Waals surface area contributed by atoms with Crippen LogP contribution >= 0.6 is 23.1 Å². The molecular formula is C16H16N4OS2. The number of thiazole rings is 1. The van der Waals surface area contributed by atoms with E-state index in [1.807, 2.05) is 26.0 Å². The van der Waals surface area contributed by atoms with Crippen LogP contribution in [-0.4, -0.2) is 26.1 Å². The smallest absolute Gasteiger partial charge is 0.239 e. The molecule has 3 rings (SSSR count). The van der Waals surface area contributed by atoms with E-state index in [0.29, 0.717) is 16.7 Å². The fourth-order valence-electron chi connectivity index (χ4n) is 2.07. The fourth-order valence-corrected chi connectivity index (χ4v) is 3.86. The van der Waals surface area contributed by atoms with Gasteiger partial charge in [-0.2, -0.15) is 0 Å². The normalized spacial score (nSPS) is 12.3. The number of anilines is 1. The first-order chi connectivity index (χ1) is 11.2. The largest absolute Gasteiger partial charge is 0.301 e. The third-order valence-electron chi connectivity index (χ3n) is 3.23. The van der Waals surface area contributed by atoms with Gasteiger partial charge >= 0.3 is 0 Å². The van der Waals surface area contributed by atoms with Crippen LogP contribution < -0.4 is 5.32 Å². The lowest BCUT2D eigenvalue weighted by molar-refractivity contribution is -0.115.